The van der Waals surface area contributed by atoms with E-state index in [4.69, 9.17) is 11.6 Å². The number of hydrogen-bond donors (Lipinski definition) is 1. The van der Waals surface area contributed by atoms with Crippen molar-refractivity contribution in [3.05, 3.63) is 60.5 Å². The fourth-order valence-electron chi connectivity index (χ4n) is 1.97. The highest BCUT2D eigenvalue weighted by molar-refractivity contribution is 6.33. The second-order valence-electron chi connectivity index (χ2n) is 4.20. The Morgan fingerprint density at radius 3 is 2.60 bits per heavy atom. The third-order valence-electron chi connectivity index (χ3n) is 2.87. The number of para-hydroxylation sites is 1. The highest BCUT2D eigenvalue weighted by Crippen LogP contribution is 2.29. The number of aryl methyl sites for hydroxylation is 2. The van der Waals surface area contributed by atoms with E-state index < -0.39 is 22.0 Å². The first-order valence-corrected chi connectivity index (χ1v) is 5.95. The summed E-state index contributed by atoms with van der Waals surface area (Å²) in [5, 5.41) is 13.6. The number of nitro groups is 1. The molecule has 2 rings (SSSR count). The van der Waals surface area contributed by atoms with Gasteiger partial charge >= 0.3 is 0 Å². The summed E-state index contributed by atoms with van der Waals surface area (Å²) in [6, 6.07) is 4.02. The SMILES string of the molecule is Cc1[nH]n(C)c(=O)c1C(=O)c1cccc(Cl)c1[N+](=O)[O-]. The van der Waals surface area contributed by atoms with Crippen molar-refractivity contribution in [2.24, 2.45) is 7.05 Å². The van der Waals surface area contributed by atoms with E-state index in [1.165, 1.54) is 25.2 Å². The van der Waals surface area contributed by atoms with Gasteiger partial charge in [0.2, 0.25) is 5.78 Å². The summed E-state index contributed by atoms with van der Waals surface area (Å²) in [6.45, 7) is 1.55. The Morgan fingerprint density at radius 2 is 2.10 bits per heavy atom. The number of nitrogens with one attached hydrogen (secondary N) is 1. The predicted molar refractivity (Wildman–Crippen MR) is 72.3 cm³/mol. The molecule has 1 aromatic carbocycles. The number of carbonyl (C=O) groups is 1. The van der Waals surface area contributed by atoms with Gasteiger partial charge in [-0.1, -0.05) is 17.7 Å². The van der Waals surface area contributed by atoms with Gasteiger partial charge in [0.15, 0.2) is 0 Å². The van der Waals surface area contributed by atoms with Crippen molar-refractivity contribution in [2.75, 3.05) is 0 Å². The highest BCUT2D eigenvalue weighted by Gasteiger charge is 2.28. The first-order valence-electron chi connectivity index (χ1n) is 5.57. The number of halogens is 1. The van der Waals surface area contributed by atoms with Gasteiger partial charge < -0.3 is 0 Å². The number of aromatic amines is 1. The van der Waals surface area contributed by atoms with Gasteiger partial charge in [-0.05, 0) is 19.1 Å². The molecule has 0 aliphatic heterocycles. The summed E-state index contributed by atoms with van der Waals surface area (Å²) >= 11 is 5.76. The van der Waals surface area contributed by atoms with Crippen LogP contribution in [0.15, 0.2) is 23.0 Å². The number of ketones is 1. The minimum absolute atomic E-state index is 0.127. The molecular weight excluding hydrogens is 286 g/mol. The second-order valence-corrected chi connectivity index (χ2v) is 4.61. The molecule has 0 saturated heterocycles. The molecule has 0 bridgehead atoms. The number of rotatable bonds is 3. The Hall–Kier alpha value is -2.41. The molecule has 2 aromatic rings. The van der Waals surface area contributed by atoms with Crippen molar-refractivity contribution in [1.82, 2.24) is 9.78 Å². The lowest BCUT2D eigenvalue weighted by Crippen LogP contribution is -2.20. The van der Waals surface area contributed by atoms with Gasteiger partial charge in [-0.3, -0.25) is 29.5 Å². The van der Waals surface area contributed by atoms with Gasteiger partial charge in [0.1, 0.15) is 16.1 Å². The summed E-state index contributed by atoms with van der Waals surface area (Å²) in [4.78, 5) is 34.6. The van der Waals surface area contributed by atoms with Crippen LogP contribution in [-0.2, 0) is 7.05 Å². The molecule has 20 heavy (non-hydrogen) atoms. The largest absolute Gasteiger partial charge is 0.299 e. The van der Waals surface area contributed by atoms with Crippen LogP contribution in [0.4, 0.5) is 5.69 Å². The Balaban J connectivity index is 2.69. The van der Waals surface area contributed by atoms with Crippen LogP contribution in [0.5, 0.6) is 0 Å². The van der Waals surface area contributed by atoms with Crippen molar-refractivity contribution in [1.29, 1.82) is 0 Å². The topological polar surface area (TPSA) is 98.0 Å². The summed E-state index contributed by atoms with van der Waals surface area (Å²) in [5.74, 6) is -0.724. The first-order chi connectivity index (χ1) is 9.34. The van der Waals surface area contributed by atoms with Crippen LogP contribution in [0.3, 0.4) is 0 Å². The smallest absolute Gasteiger partial charge is 0.298 e. The summed E-state index contributed by atoms with van der Waals surface area (Å²) in [7, 11) is 1.46. The van der Waals surface area contributed by atoms with Crippen LogP contribution in [0, 0.1) is 17.0 Å². The van der Waals surface area contributed by atoms with Crippen LogP contribution < -0.4 is 5.56 Å². The van der Waals surface area contributed by atoms with Crippen molar-refractivity contribution in [3.63, 3.8) is 0 Å². The molecule has 0 fully saturated rings. The van der Waals surface area contributed by atoms with Gasteiger partial charge in [-0.25, -0.2) is 0 Å². The Kier molecular flexibility index (Phi) is 3.46. The minimum Gasteiger partial charge on any atom is -0.299 e. The first kappa shape index (κ1) is 14.0. The van der Waals surface area contributed by atoms with Crippen molar-refractivity contribution in [3.8, 4) is 0 Å². The molecule has 0 unspecified atom stereocenters. The predicted octanol–water partition coefficient (Wildman–Crippen LogP) is 1.81. The fourth-order valence-corrected chi connectivity index (χ4v) is 2.22. The van der Waals surface area contributed by atoms with E-state index in [1.807, 2.05) is 0 Å². The molecule has 7 nitrogen and oxygen atoms in total. The lowest BCUT2D eigenvalue weighted by atomic mass is 10.0. The molecule has 1 N–H and O–H groups in total. The molecule has 0 saturated carbocycles. The van der Waals surface area contributed by atoms with Crippen LogP contribution in [0.2, 0.25) is 5.02 Å². The summed E-state index contributed by atoms with van der Waals surface area (Å²) in [6.07, 6.45) is 0. The molecule has 0 amide bonds. The number of H-pyrrole nitrogens is 1. The molecule has 0 atom stereocenters. The highest BCUT2D eigenvalue weighted by atomic mass is 35.5. The molecule has 0 aliphatic carbocycles. The molecule has 1 aromatic heterocycles. The Bertz CT molecular complexity index is 775. The van der Waals surface area contributed by atoms with E-state index in [0.717, 1.165) is 4.68 Å². The molecule has 1 heterocycles. The number of benzene rings is 1. The van der Waals surface area contributed by atoms with Gasteiger partial charge in [0.25, 0.3) is 11.2 Å². The van der Waals surface area contributed by atoms with E-state index in [9.17, 15) is 19.7 Å². The monoisotopic (exact) mass is 295 g/mol. The molecular formula is C12H10ClN3O4. The standard InChI is InChI=1S/C12H10ClN3O4/c1-6-9(12(18)15(2)14-6)11(17)7-4-3-5-8(13)10(7)16(19)20/h3-5,14H,1-2H3. The zero-order valence-electron chi connectivity index (χ0n) is 10.6. The van der Waals surface area contributed by atoms with E-state index >= 15 is 0 Å². The number of nitro benzene ring substituents is 1. The third-order valence-corrected chi connectivity index (χ3v) is 3.17. The number of nitrogens with zero attached hydrogens (tertiary/aromatic N) is 2. The molecule has 0 radical (unpaired) electrons. The quantitative estimate of drug-likeness (QED) is 0.530. The fraction of sp³-hybridized carbons (Fsp3) is 0.167. The lowest BCUT2D eigenvalue weighted by molar-refractivity contribution is -0.385. The second kappa shape index (κ2) is 4.93. The molecule has 0 aliphatic rings. The normalized spacial score (nSPS) is 10.6. The van der Waals surface area contributed by atoms with Crippen LogP contribution in [0.25, 0.3) is 0 Å². The van der Waals surface area contributed by atoms with Crippen molar-refractivity contribution < 1.29 is 9.72 Å². The summed E-state index contributed by atoms with van der Waals surface area (Å²) < 4.78 is 1.14. The number of hydrogen-bond acceptors (Lipinski definition) is 4. The molecule has 0 spiro atoms. The van der Waals surface area contributed by atoms with Gasteiger partial charge in [0, 0.05) is 12.7 Å². The van der Waals surface area contributed by atoms with E-state index in [1.54, 1.807) is 6.92 Å². The zero-order chi connectivity index (χ0) is 15.0. The third kappa shape index (κ3) is 2.12. The summed E-state index contributed by atoms with van der Waals surface area (Å²) in [5.41, 5.74) is -1.03. The average Bonchev–Trinajstić information content (AvgIpc) is 2.61. The van der Waals surface area contributed by atoms with Crippen molar-refractivity contribution >= 4 is 23.1 Å². The van der Waals surface area contributed by atoms with E-state index in [2.05, 4.69) is 5.10 Å². The Labute approximate surface area is 117 Å². The van der Waals surface area contributed by atoms with Crippen LogP contribution in [0.1, 0.15) is 21.6 Å². The van der Waals surface area contributed by atoms with E-state index in [0.29, 0.717) is 5.69 Å². The maximum atomic E-state index is 12.4. The van der Waals surface area contributed by atoms with Gasteiger partial charge in [0.05, 0.1) is 4.92 Å². The number of carbonyl (C=O) groups excluding carboxylic acids is 1. The van der Waals surface area contributed by atoms with E-state index in [-0.39, 0.29) is 16.1 Å². The maximum absolute atomic E-state index is 12.4. The maximum Gasteiger partial charge on any atom is 0.298 e. The Morgan fingerprint density at radius 1 is 1.45 bits per heavy atom. The van der Waals surface area contributed by atoms with Crippen molar-refractivity contribution in [2.45, 2.75) is 6.92 Å². The van der Waals surface area contributed by atoms with Crippen LogP contribution >= 0.6 is 11.6 Å². The zero-order valence-corrected chi connectivity index (χ0v) is 11.4. The van der Waals surface area contributed by atoms with Gasteiger partial charge in [-0.2, -0.15) is 0 Å². The minimum atomic E-state index is -0.734. The van der Waals surface area contributed by atoms with Crippen LogP contribution in [-0.4, -0.2) is 20.5 Å². The molecule has 8 heteroatoms. The molecule has 104 valence electrons. The van der Waals surface area contributed by atoms with Gasteiger partial charge in [-0.15, -0.1) is 0 Å². The number of aromatic nitrogens is 2. The average molecular weight is 296 g/mol. The lowest BCUT2D eigenvalue weighted by Gasteiger charge is -2.02.